The van der Waals surface area contributed by atoms with E-state index in [1.807, 2.05) is 66.9 Å². The molecule has 0 radical (unpaired) electrons. The van der Waals surface area contributed by atoms with Gasteiger partial charge in [-0.1, -0.05) is 182 Å². The third-order valence-corrected chi connectivity index (χ3v) is 12.9. The van der Waals surface area contributed by atoms with Crippen molar-refractivity contribution in [1.29, 1.82) is 0 Å². The zero-order valence-electron chi connectivity index (χ0n) is 36.7. The van der Waals surface area contributed by atoms with Crippen molar-refractivity contribution in [2.24, 2.45) is 0 Å². The molecule has 0 spiro atoms. The molecular weight excluding hydrogens is 831 g/mol. The molecule has 6 heteroatoms. The second-order valence-electron chi connectivity index (χ2n) is 17.0. The van der Waals surface area contributed by atoms with Crippen molar-refractivity contribution in [3.8, 4) is 84.5 Å². The molecule has 318 valence electrons. The van der Waals surface area contributed by atoms with E-state index in [0.717, 1.165) is 99.7 Å². The summed E-state index contributed by atoms with van der Waals surface area (Å²) < 4.78 is 9.40. The molecule has 4 heterocycles. The molecule has 0 N–H and O–H groups in total. The molecule has 0 aliphatic rings. The zero-order valence-corrected chi connectivity index (χ0v) is 36.7. The molecular formula is C62H39N5O. The Labute approximate surface area is 392 Å². The molecule has 13 aromatic rings. The normalized spacial score (nSPS) is 11.5. The highest BCUT2D eigenvalue weighted by atomic mass is 16.3. The Morgan fingerprint density at radius 3 is 1.59 bits per heavy atom. The van der Waals surface area contributed by atoms with E-state index >= 15 is 0 Å². The van der Waals surface area contributed by atoms with Crippen molar-refractivity contribution < 1.29 is 4.42 Å². The molecule has 0 saturated heterocycles. The maximum Gasteiger partial charge on any atom is 0.166 e. The highest BCUT2D eigenvalue weighted by Crippen LogP contribution is 2.45. The van der Waals surface area contributed by atoms with Crippen LogP contribution in [0.15, 0.2) is 241 Å². The Kier molecular flexibility index (Phi) is 9.39. The smallest absolute Gasteiger partial charge is 0.166 e. The molecule has 0 aliphatic heterocycles. The maximum absolute atomic E-state index is 7.04. The summed E-state index contributed by atoms with van der Waals surface area (Å²) in [6.45, 7) is 0. The van der Waals surface area contributed by atoms with E-state index in [1.165, 1.54) is 5.39 Å². The van der Waals surface area contributed by atoms with Crippen LogP contribution in [0.4, 0.5) is 0 Å². The zero-order chi connectivity index (χ0) is 45.0. The molecule has 0 atom stereocenters. The van der Waals surface area contributed by atoms with Crippen LogP contribution in [0, 0.1) is 0 Å². The van der Waals surface area contributed by atoms with E-state index in [9.17, 15) is 0 Å². The first-order valence-electron chi connectivity index (χ1n) is 22.8. The van der Waals surface area contributed by atoms with Gasteiger partial charge >= 0.3 is 0 Å². The van der Waals surface area contributed by atoms with Crippen molar-refractivity contribution in [2.75, 3.05) is 0 Å². The van der Waals surface area contributed by atoms with Crippen molar-refractivity contribution >= 4 is 43.7 Å². The molecule has 4 aromatic heterocycles. The molecule has 0 amide bonds. The molecule has 0 aliphatic carbocycles. The van der Waals surface area contributed by atoms with Crippen LogP contribution in [0.2, 0.25) is 0 Å². The average Bonchev–Trinajstić information content (AvgIpc) is 3.98. The Balaban J connectivity index is 1.08. The van der Waals surface area contributed by atoms with E-state index in [2.05, 4.69) is 174 Å². The molecule has 9 aromatic carbocycles. The number of benzene rings is 9. The lowest BCUT2D eigenvalue weighted by molar-refractivity contribution is 0.670. The van der Waals surface area contributed by atoms with Crippen LogP contribution >= 0.6 is 0 Å². The van der Waals surface area contributed by atoms with E-state index in [4.69, 9.17) is 24.4 Å². The first-order chi connectivity index (χ1) is 33.7. The fourth-order valence-electron chi connectivity index (χ4n) is 9.76. The topological polar surface area (TPSA) is 69.6 Å². The summed E-state index contributed by atoms with van der Waals surface area (Å²) in [4.78, 5) is 21.0. The fraction of sp³-hybridized carbons (Fsp3) is 0. The van der Waals surface area contributed by atoms with Gasteiger partial charge in [0.2, 0.25) is 0 Å². The van der Waals surface area contributed by atoms with Crippen molar-refractivity contribution in [2.45, 2.75) is 0 Å². The number of aromatic nitrogens is 5. The second kappa shape index (κ2) is 16.3. The summed E-state index contributed by atoms with van der Waals surface area (Å²) in [7, 11) is 0. The number of furan rings is 1. The van der Waals surface area contributed by atoms with Crippen LogP contribution in [0.5, 0.6) is 0 Å². The minimum Gasteiger partial charge on any atom is -0.455 e. The third kappa shape index (κ3) is 6.66. The molecule has 0 fully saturated rings. The molecule has 6 nitrogen and oxygen atoms in total. The predicted molar refractivity (Wildman–Crippen MR) is 277 cm³/mol. The number of nitrogens with zero attached hydrogens (tertiary/aromatic N) is 5. The van der Waals surface area contributed by atoms with Gasteiger partial charge in [0.05, 0.1) is 22.1 Å². The van der Waals surface area contributed by atoms with Crippen LogP contribution in [0.1, 0.15) is 0 Å². The van der Waals surface area contributed by atoms with E-state index < -0.39 is 0 Å². The molecule has 13 rings (SSSR count). The Hall–Kier alpha value is -9.26. The lowest BCUT2D eigenvalue weighted by Gasteiger charge is -2.15. The molecule has 68 heavy (non-hydrogen) atoms. The lowest BCUT2D eigenvalue weighted by atomic mass is 9.91. The summed E-state index contributed by atoms with van der Waals surface area (Å²) in [5, 5.41) is 4.38. The number of pyridine rings is 1. The largest absolute Gasteiger partial charge is 0.455 e. The van der Waals surface area contributed by atoms with Gasteiger partial charge in [-0.05, 0) is 76.3 Å². The number of fused-ring (bicyclic) bond motifs is 7. The Morgan fingerprint density at radius 1 is 0.353 bits per heavy atom. The Morgan fingerprint density at radius 2 is 0.912 bits per heavy atom. The van der Waals surface area contributed by atoms with Crippen molar-refractivity contribution in [1.82, 2.24) is 24.5 Å². The monoisotopic (exact) mass is 869 g/mol. The van der Waals surface area contributed by atoms with Crippen molar-refractivity contribution in [3.05, 3.63) is 237 Å². The molecule has 0 bridgehead atoms. The summed E-state index contributed by atoms with van der Waals surface area (Å²) >= 11 is 0. The van der Waals surface area contributed by atoms with E-state index in [-0.39, 0.29) is 0 Å². The number of rotatable bonds is 8. The molecule has 0 unspecified atom stereocenters. The summed E-state index contributed by atoms with van der Waals surface area (Å²) in [5.41, 5.74) is 15.4. The van der Waals surface area contributed by atoms with Crippen molar-refractivity contribution in [3.63, 3.8) is 0 Å². The fourth-order valence-corrected chi connectivity index (χ4v) is 9.76. The maximum atomic E-state index is 7.04. The molecule has 0 saturated carbocycles. The number of hydrogen-bond acceptors (Lipinski definition) is 5. The van der Waals surface area contributed by atoms with Gasteiger partial charge in [-0.2, -0.15) is 0 Å². The third-order valence-electron chi connectivity index (χ3n) is 12.9. The summed E-state index contributed by atoms with van der Waals surface area (Å²) in [6, 6.07) is 80.0. The van der Waals surface area contributed by atoms with Gasteiger partial charge in [-0.3, -0.25) is 4.98 Å². The standard InChI is InChI=1S/C62H39N5O/c1-6-19-40(20-7-1)47-34-33-44(37-52(47)41-21-8-2-9-22-41)45-38-53(62-65-60(42-23-10-3-11-24-42)64-61(66-62)43-25-12-4-13-26-43)57(63-39-45)51-31-18-30-50-56-55(68-59(50)51)36-35-49-48-29-16-17-32-54(48)67(58(49)56)46-27-14-5-15-28-46/h1-39H. The number of para-hydroxylation sites is 3. The highest BCUT2D eigenvalue weighted by molar-refractivity contribution is 6.25. The Bertz CT molecular complexity index is 3940. The second-order valence-corrected chi connectivity index (χ2v) is 17.0. The van der Waals surface area contributed by atoms with Gasteiger partial charge in [0, 0.05) is 55.9 Å². The number of hydrogen-bond donors (Lipinski definition) is 0. The van der Waals surface area contributed by atoms with Crippen LogP contribution in [-0.2, 0) is 0 Å². The average molecular weight is 870 g/mol. The van der Waals surface area contributed by atoms with Gasteiger partial charge in [-0.25, -0.2) is 15.0 Å². The van der Waals surface area contributed by atoms with Crippen LogP contribution in [0.3, 0.4) is 0 Å². The first kappa shape index (κ1) is 39.1. The van der Waals surface area contributed by atoms with Gasteiger partial charge in [0.15, 0.2) is 17.5 Å². The van der Waals surface area contributed by atoms with Gasteiger partial charge in [0.25, 0.3) is 0 Å². The van der Waals surface area contributed by atoms with Gasteiger partial charge < -0.3 is 8.98 Å². The van der Waals surface area contributed by atoms with Gasteiger partial charge in [0.1, 0.15) is 11.2 Å². The van der Waals surface area contributed by atoms with Gasteiger partial charge in [-0.15, -0.1) is 0 Å². The SMILES string of the molecule is c1ccc(-c2nc(-c3ccccc3)nc(-c3cc(-c4ccc(-c5ccccc5)c(-c5ccccc5)c4)cnc3-c3cccc4c3oc3ccc5c6ccccc6n(-c6ccccc6)c5c34)n2)cc1. The predicted octanol–water partition coefficient (Wildman–Crippen LogP) is 15.9. The summed E-state index contributed by atoms with van der Waals surface area (Å²) in [6.07, 6.45) is 1.97. The van der Waals surface area contributed by atoms with Crippen LogP contribution in [0.25, 0.3) is 128 Å². The summed E-state index contributed by atoms with van der Waals surface area (Å²) in [5.74, 6) is 1.65. The lowest BCUT2D eigenvalue weighted by Crippen LogP contribution is -2.02. The first-order valence-corrected chi connectivity index (χ1v) is 22.8. The quantitative estimate of drug-likeness (QED) is 0.152. The van der Waals surface area contributed by atoms with E-state index in [0.29, 0.717) is 23.2 Å². The minimum atomic E-state index is 0.506. The van der Waals surface area contributed by atoms with E-state index in [1.54, 1.807) is 0 Å². The highest BCUT2D eigenvalue weighted by Gasteiger charge is 2.24. The minimum absolute atomic E-state index is 0.506. The van der Waals surface area contributed by atoms with Crippen LogP contribution < -0.4 is 0 Å². The van der Waals surface area contributed by atoms with Crippen LogP contribution in [-0.4, -0.2) is 24.5 Å².